The Hall–Kier alpha value is -2.69. The van der Waals surface area contributed by atoms with Crippen molar-refractivity contribution in [2.45, 2.75) is 50.0 Å². The van der Waals surface area contributed by atoms with Crippen LogP contribution in [0.2, 0.25) is 0 Å². The normalized spacial score (nSPS) is 16.9. The van der Waals surface area contributed by atoms with Crippen LogP contribution in [0.5, 0.6) is 0 Å². The highest BCUT2D eigenvalue weighted by Gasteiger charge is 2.40. The zero-order valence-electron chi connectivity index (χ0n) is 17.8. The second kappa shape index (κ2) is 7.18. The van der Waals surface area contributed by atoms with Gasteiger partial charge in [-0.2, -0.15) is 4.80 Å². The van der Waals surface area contributed by atoms with Crippen molar-refractivity contribution in [2.75, 3.05) is 24.2 Å². The van der Waals surface area contributed by atoms with Crippen molar-refractivity contribution < 1.29 is 17.2 Å². The quantitative estimate of drug-likeness (QED) is 0.603. The second-order valence-electron chi connectivity index (χ2n) is 8.93. The van der Waals surface area contributed by atoms with Crippen LogP contribution >= 0.6 is 0 Å². The molecule has 1 aromatic carbocycles. The third kappa shape index (κ3) is 4.36. The van der Waals surface area contributed by atoms with Crippen molar-refractivity contribution in [1.29, 1.82) is 0 Å². The summed E-state index contributed by atoms with van der Waals surface area (Å²) in [6.45, 7) is 5.62. The minimum atomic E-state index is -3.43. The van der Waals surface area contributed by atoms with Crippen LogP contribution in [0.15, 0.2) is 29.2 Å². The van der Waals surface area contributed by atoms with Gasteiger partial charge in [-0.3, -0.25) is 0 Å². The molecule has 8 nitrogen and oxygen atoms in total. The third-order valence-corrected chi connectivity index (χ3v) is 6.29. The summed E-state index contributed by atoms with van der Waals surface area (Å²) in [5, 5.41) is 8.87. The first-order chi connectivity index (χ1) is 14.3. The van der Waals surface area contributed by atoms with Gasteiger partial charge in [-0.25, -0.2) is 27.2 Å². The molecule has 0 aliphatic carbocycles. The van der Waals surface area contributed by atoms with Crippen molar-refractivity contribution in [3.8, 4) is 0 Å². The van der Waals surface area contributed by atoms with E-state index in [2.05, 4.69) is 20.2 Å². The van der Waals surface area contributed by atoms with E-state index in [1.807, 2.05) is 20.8 Å². The van der Waals surface area contributed by atoms with Crippen LogP contribution in [0.4, 0.5) is 14.6 Å². The van der Waals surface area contributed by atoms with E-state index in [0.29, 0.717) is 28.4 Å². The van der Waals surface area contributed by atoms with Crippen molar-refractivity contribution >= 4 is 26.8 Å². The molecular weight excluding hydrogens is 426 g/mol. The second-order valence-corrected chi connectivity index (χ2v) is 10.9. The molecule has 0 N–H and O–H groups in total. The van der Waals surface area contributed by atoms with E-state index in [4.69, 9.17) is 0 Å². The Labute approximate surface area is 179 Å². The van der Waals surface area contributed by atoms with Gasteiger partial charge in [0.1, 0.15) is 5.82 Å². The van der Waals surface area contributed by atoms with Gasteiger partial charge in [0.25, 0.3) is 5.92 Å². The average molecular weight is 451 g/mol. The number of hydrogen-bond donors (Lipinski definition) is 0. The van der Waals surface area contributed by atoms with Crippen LogP contribution in [0.1, 0.15) is 38.6 Å². The van der Waals surface area contributed by atoms with Crippen LogP contribution in [0.25, 0.3) is 11.2 Å². The topological polar surface area (TPSA) is 93.9 Å². The minimum absolute atomic E-state index is 0.0973. The molecule has 0 unspecified atom stereocenters. The predicted octanol–water partition coefficient (Wildman–Crippen LogP) is 2.82. The largest absolute Gasteiger partial charge is 0.348 e. The summed E-state index contributed by atoms with van der Waals surface area (Å²) in [6, 6.07) is 6.61. The van der Waals surface area contributed by atoms with Gasteiger partial charge in [-0.05, 0) is 11.6 Å². The van der Waals surface area contributed by atoms with E-state index in [0.717, 1.165) is 6.26 Å². The lowest BCUT2D eigenvalue weighted by Gasteiger charge is -2.21. The molecule has 31 heavy (non-hydrogen) atoms. The van der Waals surface area contributed by atoms with Crippen LogP contribution < -0.4 is 4.90 Å². The highest BCUT2D eigenvalue weighted by atomic mass is 32.2. The number of rotatable bonds is 4. The summed E-state index contributed by atoms with van der Waals surface area (Å²) in [5.74, 6) is -1.98. The molecule has 0 bridgehead atoms. The molecule has 0 spiro atoms. The lowest BCUT2D eigenvalue weighted by Crippen LogP contribution is -2.27. The van der Waals surface area contributed by atoms with Crippen molar-refractivity contribution in [3.63, 3.8) is 0 Å². The van der Waals surface area contributed by atoms with Crippen molar-refractivity contribution in [1.82, 2.24) is 25.0 Å². The number of benzene rings is 1. The van der Waals surface area contributed by atoms with Gasteiger partial charge in [-0.1, -0.05) is 39.0 Å². The number of fused-ring (bicyclic) bond motifs is 1. The van der Waals surface area contributed by atoms with Gasteiger partial charge in [0.05, 0.1) is 18.0 Å². The highest BCUT2D eigenvalue weighted by molar-refractivity contribution is 7.90. The first kappa shape index (κ1) is 21.5. The fraction of sp³-hybridized carbons (Fsp3) is 0.500. The zero-order valence-corrected chi connectivity index (χ0v) is 18.6. The van der Waals surface area contributed by atoms with E-state index in [1.165, 1.54) is 15.8 Å². The molecule has 2 aromatic heterocycles. The molecule has 0 saturated carbocycles. The first-order valence-electron chi connectivity index (χ1n) is 9.88. The Bertz CT molecular complexity index is 1250. The van der Waals surface area contributed by atoms with Gasteiger partial charge in [0, 0.05) is 24.6 Å². The number of anilines is 1. The van der Waals surface area contributed by atoms with E-state index in [9.17, 15) is 17.2 Å². The van der Waals surface area contributed by atoms with E-state index in [-0.39, 0.29) is 24.4 Å². The Morgan fingerprint density at radius 3 is 2.45 bits per heavy atom. The Kier molecular flexibility index (Phi) is 4.99. The predicted molar refractivity (Wildman–Crippen MR) is 112 cm³/mol. The maximum atomic E-state index is 13.9. The molecule has 1 aliphatic heterocycles. The van der Waals surface area contributed by atoms with E-state index in [1.54, 1.807) is 18.2 Å². The lowest BCUT2D eigenvalue weighted by atomic mass is 9.96. The number of halogens is 2. The van der Waals surface area contributed by atoms with Crippen LogP contribution in [-0.2, 0) is 21.8 Å². The molecule has 11 heteroatoms. The molecule has 3 aromatic rings. The third-order valence-electron chi connectivity index (χ3n) is 5.10. The highest BCUT2D eigenvalue weighted by Crippen LogP contribution is 2.34. The molecule has 1 aliphatic rings. The number of alkyl halides is 2. The van der Waals surface area contributed by atoms with E-state index >= 15 is 0 Å². The fourth-order valence-electron chi connectivity index (χ4n) is 3.53. The fourth-order valence-corrected chi connectivity index (χ4v) is 4.46. The summed E-state index contributed by atoms with van der Waals surface area (Å²) < 4.78 is 52.0. The zero-order chi connectivity index (χ0) is 22.6. The smallest absolute Gasteiger partial charge is 0.266 e. The molecule has 1 fully saturated rings. The number of aromatic nitrogens is 5. The van der Waals surface area contributed by atoms with Crippen LogP contribution in [0.3, 0.4) is 0 Å². The summed E-state index contributed by atoms with van der Waals surface area (Å²) in [4.78, 5) is 12.1. The van der Waals surface area contributed by atoms with Gasteiger partial charge in [-0.15, -0.1) is 10.2 Å². The molecule has 3 heterocycles. The van der Waals surface area contributed by atoms with Crippen LogP contribution in [0, 0.1) is 0 Å². The summed E-state index contributed by atoms with van der Waals surface area (Å²) >= 11 is 0. The maximum Gasteiger partial charge on any atom is 0.266 e. The molecule has 0 atom stereocenters. The summed E-state index contributed by atoms with van der Waals surface area (Å²) in [6.07, 6.45) is 0.894. The van der Waals surface area contributed by atoms with Gasteiger partial charge in [0.15, 0.2) is 21.2 Å². The SMILES string of the molecule is CC(C)(C)c1nc(N2CCC(F)(F)C2)c2nn(Cc3ccccc3S(C)(=O)=O)nc2n1. The summed E-state index contributed by atoms with van der Waals surface area (Å²) in [7, 11) is -3.43. The monoisotopic (exact) mass is 450 g/mol. The van der Waals surface area contributed by atoms with Crippen molar-refractivity contribution in [3.05, 3.63) is 35.7 Å². The maximum absolute atomic E-state index is 13.9. The Morgan fingerprint density at radius 2 is 1.84 bits per heavy atom. The molecule has 0 amide bonds. The molecular formula is C20H24F2N6O2S. The standard InChI is InChI=1S/C20H24F2N6O2S/c1-19(2,3)18-23-16-15(17(24-18)27-10-9-20(21,22)12-27)25-28(26-16)11-13-7-5-6-8-14(13)31(4,29)30/h5-8H,9-12H2,1-4H3. The van der Waals surface area contributed by atoms with Gasteiger partial charge in [0.2, 0.25) is 5.65 Å². The number of nitrogens with zero attached hydrogens (tertiary/aromatic N) is 6. The molecule has 4 rings (SSSR count). The molecule has 1 saturated heterocycles. The Morgan fingerprint density at radius 1 is 1.13 bits per heavy atom. The molecule has 0 radical (unpaired) electrons. The summed E-state index contributed by atoms with van der Waals surface area (Å²) in [5.41, 5.74) is 0.728. The van der Waals surface area contributed by atoms with Crippen LogP contribution in [-0.4, -0.2) is 58.6 Å². The Balaban J connectivity index is 1.81. The molecule has 166 valence electrons. The van der Waals surface area contributed by atoms with Crippen molar-refractivity contribution in [2.24, 2.45) is 0 Å². The first-order valence-corrected chi connectivity index (χ1v) is 11.8. The van der Waals surface area contributed by atoms with Gasteiger partial charge >= 0.3 is 0 Å². The number of sulfone groups is 1. The van der Waals surface area contributed by atoms with E-state index < -0.39 is 27.7 Å². The average Bonchev–Trinajstić information content (AvgIpc) is 3.21. The van der Waals surface area contributed by atoms with Gasteiger partial charge < -0.3 is 4.90 Å². The minimum Gasteiger partial charge on any atom is -0.348 e. The lowest BCUT2D eigenvalue weighted by molar-refractivity contribution is 0.0257. The number of hydrogen-bond acceptors (Lipinski definition) is 7.